The van der Waals surface area contributed by atoms with E-state index in [1.54, 1.807) is 0 Å². The molecule has 4 heteroatoms. The maximum atomic E-state index is 9.03. The molecule has 1 aromatic heterocycles. The fourth-order valence-corrected chi connectivity index (χ4v) is 2.14. The highest BCUT2D eigenvalue weighted by molar-refractivity contribution is 4.94. The second-order valence-corrected chi connectivity index (χ2v) is 5.82. The summed E-state index contributed by atoms with van der Waals surface area (Å²) in [6, 6.07) is 0. The Morgan fingerprint density at radius 3 is 2.25 bits per heavy atom. The number of aliphatic hydroxyl groups excluding tert-OH is 1. The molecule has 0 saturated heterocycles. The van der Waals surface area contributed by atoms with Gasteiger partial charge in [-0.2, -0.15) is 0 Å². The molecule has 0 aliphatic rings. The molecule has 16 heavy (non-hydrogen) atoms. The first kappa shape index (κ1) is 13.2. The number of aliphatic hydroxyl groups is 1. The van der Waals surface area contributed by atoms with E-state index in [-0.39, 0.29) is 6.61 Å². The Hall–Kier alpha value is -0.900. The van der Waals surface area contributed by atoms with Crippen molar-refractivity contribution in [2.45, 2.75) is 47.1 Å². The van der Waals surface area contributed by atoms with Crippen molar-refractivity contribution in [1.82, 2.24) is 14.8 Å². The van der Waals surface area contributed by atoms with Crippen LogP contribution < -0.4 is 0 Å². The van der Waals surface area contributed by atoms with E-state index in [1.807, 2.05) is 11.6 Å². The van der Waals surface area contributed by atoms with Crippen molar-refractivity contribution in [1.29, 1.82) is 0 Å². The van der Waals surface area contributed by atoms with Crippen LogP contribution in [0.4, 0.5) is 0 Å². The first-order chi connectivity index (χ1) is 7.33. The third kappa shape index (κ3) is 3.59. The van der Waals surface area contributed by atoms with Crippen LogP contribution in [0.5, 0.6) is 0 Å². The molecule has 4 nitrogen and oxygen atoms in total. The zero-order valence-electron chi connectivity index (χ0n) is 11.0. The molecule has 92 valence electrons. The van der Waals surface area contributed by atoms with E-state index in [4.69, 9.17) is 5.11 Å². The van der Waals surface area contributed by atoms with Gasteiger partial charge in [0, 0.05) is 13.5 Å². The Balaban J connectivity index is 2.63. The van der Waals surface area contributed by atoms with E-state index in [1.165, 1.54) is 0 Å². The lowest BCUT2D eigenvalue weighted by Gasteiger charge is -2.22. The van der Waals surface area contributed by atoms with Crippen LogP contribution in [0.2, 0.25) is 0 Å². The van der Waals surface area contributed by atoms with E-state index in [9.17, 15) is 0 Å². The van der Waals surface area contributed by atoms with Gasteiger partial charge in [-0.15, -0.1) is 10.2 Å². The van der Waals surface area contributed by atoms with Crippen molar-refractivity contribution < 1.29 is 5.11 Å². The van der Waals surface area contributed by atoms with Gasteiger partial charge >= 0.3 is 0 Å². The third-order valence-electron chi connectivity index (χ3n) is 2.69. The molecule has 1 aromatic rings. The predicted molar refractivity (Wildman–Crippen MR) is 63.9 cm³/mol. The Morgan fingerprint density at radius 1 is 1.25 bits per heavy atom. The molecule has 0 spiro atoms. The molecule has 0 fully saturated rings. The van der Waals surface area contributed by atoms with Crippen LogP contribution in [-0.2, 0) is 20.1 Å². The molecule has 0 aliphatic carbocycles. The number of aromatic nitrogens is 3. The third-order valence-corrected chi connectivity index (χ3v) is 2.69. The van der Waals surface area contributed by atoms with E-state index >= 15 is 0 Å². The second kappa shape index (κ2) is 4.95. The van der Waals surface area contributed by atoms with Crippen LogP contribution in [0.25, 0.3) is 0 Å². The van der Waals surface area contributed by atoms with Gasteiger partial charge in [0.1, 0.15) is 12.4 Å². The second-order valence-electron chi connectivity index (χ2n) is 5.82. The summed E-state index contributed by atoms with van der Waals surface area (Å²) >= 11 is 0. The van der Waals surface area contributed by atoms with Crippen molar-refractivity contribution in [3.05, 3.63) is 11.6 Å². The summed E-state index contributed by atoms with van der Waals surface area (Å²) in [5.41, 5.74) is 0.345. The summed E-state index contributed by atoms with van der Waals surface area (Å²) in [5, 5.41) is 17.1. The van der Waals surface area contributed by atoms with Gasteiger partial charge in [0.15, 0.2) is 5.82 Å². The van der Waals surface area contributed by atoms with E-state index in [0.29, 0.717) is 17.2 Å². The normalized spacial score (nSPS) is 14.1. The molecular formula is C12H23N3O. The van der Waals surface area contributed by atoms with Gasteiger partial charge in [0.05, 0.1) is 0 Å². The topological polar surface area (TPSA) is 50.9 Å². The van der Waals surface area contributed by atoms with Gasteiger partial charge < -0.3 is 9.67 Å². The summed E-state index contributed by atoms with van der Waals surface area (Å²) in [7, 11) is 1.91. The summed E-state index contributed by atoms with van der Waals surface area (Å²) in [6.45, 7) is 8.94. The standard InChI is InChI=1S/C12H23N3O/c1-9(7-12(2,3)4)6-10-13-14-11(8-16)15(10)5/h9,16H,6-8H2,1-5H3. The first-order valence-corrected chi connectivity index (χ1v) is 5.81. The molecule has 1 heterocycles. The lowest BCUT2D eigenvalue weighted by molar-refractivity contribution is 0.265. The molecule has 1 atom stereocenters. The van der Waals surface area contributed by atoms with Gasteiger partial charge in [0.2, 0.25) is 0 Å². The Bertz CT molecular complexity index is 339. The van der Waals surface area contributed by atoms with Crippen molar-refractivity contribution >= 4 is 0 Å². The highest BCUT2D eigenvalue weighted by atomic mass is 16.3. The molecular weight excluding hydrogens is 202 g/mol. The van der Waals surface area contributed by atoms with E-state index < -0.39 is 0 Å². The fourth-order valence-electron chi connectivity index (χ4n) is 2.14. The molecule has 0 saturated carbocycles. The Morgan fingerprint density at radius 2 is 1.81 bits per heavy atom. The molecule has 0 bridgehead atoms. The summed E-state index contributed by atoms with van der Waals surface area (Å²) in [4.78, 5) is 0. The maximum absolute atomic E-state index is 9.03. The minimum absolute atomic E-state index is 0.0445. The van der Waals surface area contributed by atoms with Crippen LogP contribution in [0.3, 0.4) is 0 Å². The van der Waals surface area contributed by atoms with Crippen molar-refractivity contribution in [3.8, 4) is 0 Å². The number of nitrogens with zero attached hydrogens (tertiary/aromatic N) is 3. The number of hydrogen-bond acceptors (Lipinski definition) is 3. The monoisotopic (exact) mass is 225 g/mol. The largest absolute Gasteiger partial charge is 0.388 e. The van der Waals surface area contributed by atoms with Gasteiger partial charge in [0.25, 0.3) is 0 Å². The molecule has 0 radical (unpaired) electrons. The fraction of sp³-hybridized carbons (Fsp3) is 0.833. The smallest absolute Gasteiger partial charge is 0.158 e. The summed E-state index contributed by atoms with van der Waals surface area (Å²) < 4.78 is 1.89. The average Bonchev–Trinajstić information content (AvgIpc) is 2.44. The van der Waals surface area contributed by atoms with Crippen LogP contribution >= 0.6 is 0 Å². The van der Waals surface area contributed by atoms with Gasteiger partial charge in [-0.3, -0.25) is 0 Å². The summed E-state index contributed by atoms with van der Waals surface area (Å²) in [5.74, 6) is 2.17. The van der Waals surface area contributed by atoms with E-state index in [2.05, 4.69) is 37.9 Å². The van der Waals surface area contributed by atoms with Crippen LogP contribution in [0, 0.1) is 11.3 Å². The van der Waals surface area contributed by atoms with Gasteiger partial charge in [-0.25, -0.2) is 0 Å². The minimum atomic E-state index is -0.0445. The lowest BCUT2D eigenvalue weighted by atomic mass is 9.84. The Kier molecular flexibility index (Phi) is 4.08. The van der Waals surface area contributed by atoms with Crippen molar-refractivity contribution in [3.63, 3.8) is 0 Å². The molecule has 1 unspecified atom stereocenters. The van der Waals surface area contributed by atoms with E-state index in [0.717, 1.165) is 18.7 Å². The van der Waals surface area contributed by atoms with Crippen molar-refractivity contribution in [2.24, 2.45) is 18.4 Å². The highest BCUT2D eigenvalue weighted by Crippen LogP contribution is 2.25. The molecule has 0 aliphatic heterocycles. The predicted octanol–water partition coefficient (Wildman–Crippen LogP) is 1.92. The Labute approximate surface area is 97.7 Å². The molecule has 0 aromatic carbocycles. The average molecular weight is 225 g/mol. The zero-order chi connectivity index (χ0) is 12.3. The molecule has 1 N–H and O–H groups in total. The van der Waals surface area contributed by atoms with Gasteiger partial charge in [-0.1, -0.05) is 27.7 Å². The quantitative estimate of drug-likeness (QED) is 0.851. The zero-order valence-corrected chi connectivity index (χ0v) is 11.0. The number of rotatable bonds is 4. The van der Waals surface area contributed by atoms with Gasteiger partial charge in [-0.05, 0) is 17.8 Å². The molecule has 0 amide bonds. The minimum Gasteiger partial charge on any atom is -0.388 e. The number of hydrogen-bond donors (Lipinski definition) is 1. The van der Waals surface area contributed by atoms with Crippen molar-refractivity contribution in [2.75, 3.05) is 0 Å². The molecule has 1 rings (SSSR count). The maximum Gasteiger partial charge on any atom is 0.158 e. The summed E-state index contributed by atoms with van der Waals surface area (Å²) in [6.07, 6.45) is 2.08. The SMILES string of the molecule is CC(Cc1nnc(CO)n1C)CC(C)(C)C. The lowest BCUT2D eigenvalue weighted by Crippen LogP contribution is -2.15. The van der Waals surface area contributed by atoms with Crippen LogP contribution in [0.1, 0.15) is 45.8 Å². The first-order valence-electron chi connectivity index (χ1n) is 5.81. The van der Waals surface area contributed by atoms with Crippen LogP contribution in [0.15, 0.2) is 0 Å². The van der Waals surface area contributed by atoms with Crippen LogP contribution in [-0.4, -0.2) is 19.9 Å². The highest BCUT2D eigenvalue weighted by Gasteiger charge is 2.18.